The van der Waals surface area contributed by atoms with Gasteiger partial charge in [0.25, 0.3) is 0 Å². The normalized spacial score (nSPS) is 22.2. The Labute approximate surface area is 150 Å². The van der Waals surface area contributed by atoms with Crippen LogP contribution in [0.4, 0.5) is 0 Å². The van der Waals surface area contributed by atoms with E-state index in [2.05, 4.69) is 33.5 Å². The van der Waals surface area contributed by atoms with Gasteiger partial charge in [-0.05, 0) is 64.3 Å². The molecule has 2 aliphatic rings. The SMILES string of the molecule is CCNC(=NCC1(O)CCC1)NCC(c1ccco1)N1CCCCC1. The van der Waals surface area contributed by atoms with Crippen molar-refractivity contribution in [1.29, 1.82) is 0 Å². The molecule has 0 aromatic carbocycles. The Morgan fingerprint density at radius 2 is 2.08 bits per heavy atom. The summed E-state index contributed by atoms with van der Waals surface area (Å²) < 4.78 is 5.70. The van der Waals surface area contributed by atoms with Crippen molar-refractivity contribution in [3.63, 3.8) is 0 Å². The predicted molar refractivity (Wildman–Crippen MR) is 99.7 cm³/mol. The third kappa shape index (κ3) is 4.98. The smallest absolute Gasteiger partial charge is 0.191 e. The Morgan fingerprint density at radius 1 is 1.28 bits per heavy atom. The van der Waals surface area contributed by atoms with E-state index < -0.39 is 5.60 Å². The van der Waals surface area contributed by atoms with Gasteiger partial charge in [-0.25, -0.2) is 0 Å². The van der Waals surface area contributed by atoms with Crippen LogP contribution in [0.5, 0.6) is 0 Å². The monoisotopic (exact) mass is 348 g/mol. The first-order chi connectivity index (χ1) is 12.2. The summed E-state index contributed by atoms with van der Waals surface area (Å²) >= 11 is 0. The zero-order valence-corrected chi connectivity index (χ0v) is 15.3. The first kappa shape index (κ1) is 18.3. The molecule has 1 aliphatic heterocycles. The van der Waals surface area contributed by atoms with Crippen molar-refractivity contribution in [2.45, 2.75) is 57.1 Å². The van der Waals surface area contributed by atoms with E-state index >= 15 is 0 Å². The molecule has 1 atom stereocenters. The summed E-state index contributed by atoms with van der Waals surface area (Å²) in [5.74, 6) is 1.78. The minimum atomic E-state index is -0.588. The van der Waals surface area contributed by atoms with Crippen molar-refractivity contribution in [2.75, 3.05) is 32.7 Å². The van der Waals surface area contributed by atoms with Crippen molar-refractivity contribution in [3.8, 4) is 0 Å². The fourth-order valence-corrected chi connectivity index (χ4v) is 3.62. The van der Waals surface area contributed by atoms with Crippen LogP contribution in [0.2, 0.25) is 0 Å². The number of piperidine rings is 1. The molecule has 1 saturated heterocycles. The number of rotatable bonds is 7. The van der Waals surface area contributed by atoms with Crippen LogP contribution in [0.25, 0.3) is 0 Å². The van der Waals surface area contributed by atoms with Crippen LogP contribution in [0.15, 0.2) is 27.8 Å². The number of nitrogens with one attached hydrogen (secondary N) is 2. The molecule has 1 aromatic rings. The Bertz CT molecular complexity index is 534. The molecule has 6 nitrogen and oxygen atoms in total. The first-order valence-corrected chi connectivity index (χ1v) is 9.72. The number of nitrogens with zero attached hydrogens (tertiary/aromatic N) is 2. The molecule has 3 N–H and O–H groups in total. The minimum Gasteiger partial charge on any atom is -0.468 e. The summed E-state index contributed by atoms with van der Waals surface area (Å²) in [5.41, 5.74) is -0.588. The summed E-state index contributed by atoms with van der Waals surface area (Å²) in [5, 5.41) is 17.0. The summed E-state index contributed by atoms with van der Waals surface area (Å²) in [6.45, 7) is 6.31. The Balaban J connectivity index is 1.62. The number of furan rings is 1. The van der Waals surface area contributed by atoms with Gasteiger partial charge in [0.15, 0.2) is 5.96 Å². The molecule has 3 rings (SSSR count). The van der Waals surface area contributed by atoms with Gasteiger partial charge in [0.05, 0.1) is 24.5 Å². The summed E-state index contributed by atoms with van der Waals surface area (Å²) in [6.07, 6.45) is 8.38. The second-order valence-corrected chi connectivity index (χ2v) is 7.28. The fourth-order valence-electron chi connectivity index (χ4n) is 3.62. The summed E-state index contributed by atoms with van der Waals surface area (Å²) in [7, 11) is 0. The Morgan fingerprint density at radius 3 is 2.68 bits per heavy atom. The molecule has 1 aliphatic carbocycles. The molecule has 140 valence electrons. The van der Waals surface area contributed by atoms with Crippen molar-refractivity contribution in [3.05, 3.63) is 24.2 Å². The van der Waals surface area contributed by atoms with Crippen LogP contribution in [0, 0.1) is 0 Å². The zero-order valence-electron chi connectivity index (χ0n) is 15.3. The van der Waals surface area contributed by atoms with Crippen molar-refractivity contribution in [2.24, 2.45) is 4.99 Å². The van der Waals surface area contributed by atoms with Crippen LogP contribution in [-0.4, -0.2) is 54.3 Å². The largest absolute Gasteiger partial charge is 0.468 e. The van der Waals surface area contributed by atoms with E-state index in [1.165, 1.54) is 19.3 Å². The standard InChI is InChI=1S/C19H32N4O2/c1-2-20-18(22-15-19(24)9-7-10-19)21-14-16(17-8-6-13-25-17)23-11-4-3-5-12-23/h6,8,13,16,24H,2-5,7,9-12,14-15H2,1H3,(H2,20,21,22). The molecule has 1 saturated carbocycles. The molecule has 1 aromatic heterocycles. The minimum absolute atomic E-state index is 0.214. The maximum Gasteiger partial charge on any atom is 0.191 e. The van der Waals surface area contributed by atoms with Crippen LogP contribution >= 0.6 is 0 Å². The van der Waals surface area contributed by atoms with E-state index in [4.69, 9.17) is 4.42 Å². The van der Waals surface area contributed by atoms with E-state index in [0.717, 1.165) is 57.2 Å². The van der Waals surface area contributed by atoms with Gasteiger partial charge >= 0.3 is 0 Å². The molecule has 2 fully saturated rings. The summed E-state index contributed by atoms with van der Waals surface area (Å²) in [6, 6.07) is 4.23. The lowest BCUT2D eigenvalue weighted by Gasteiger charge is -2.35. The van der Waals surface area contributed by atoms with Gasteiger partial charge in [0.2, 0.25) is 0 Å². The van der Waals surface area contributed by atoms with Gasteiger partial charge in [-0.3, -0.25) is 9.89 Å². The van der Waals surface area contributed by atoms with Crippen molar-refractivity contribution < 1.29 is 9.52 Å². The van der Waals surface area contributed by atoms with Gasteiger partial charge in [0, 0.05) is 13.1 Å². The highest BCUT2D eigenvalue weighted by Gasteiger charge is 2.34. The van der Waals surface area contributed by atoms with Crippen LogP contribution in [-0.2, 0) is 0 Å². The van der Waals surface area contributed by atoms with E-state index in [9.17, 15) is 5.11 Å². The van der Waals surface area contributed by atoms with Gasteiger partial charge < -0.3 is 20.2 Å². The lowest BCUT2D eigenvalue weighted by Crippen LogP contribution is -2.46. The van der Waals surface area contributed by atoms with E-state index in [1.54, 1.807) is 6.26 Å². The maximum absolute atomic E-state index is 10.3. The zero-order chi connectivity index (χ0) is 17.5. The molecule has 25 heavy (non-hydrogen) atoms. The number of likely N-dealkylation sites (tertiary alicyclic amines) is 1. The Kier molecular flexibility index (Phi) is 6.37. The molecule has 2 heterocycles. The molecular formula is C19H32N4O2. The quantitative estimate of drug-likeness (QED) is 0.521. The number of hydrogen-bond acceptors (Lipinski definition) is 4. The molecular weight excluding hydrogens is 316 g/mol. The lowest BCUT2D eigenvalue weighted by molar-refractivity contribution is -0.0236. The molecule has 6 heteroatoms. The fraction of sp³-hybridized carbons (Fsp3) is 0.737. The van der Waals surface area contributed by atoms with E-state index in [1.807, 2.05) is 6.07 Å². The first-order valence-electron chi connectivity index (χ1n) is 9.72. The lowest BCUT2D eigenvalue weighted by atomic mass is 9.80. The highest BCUT2D eigenvalue weighted by molar-refractivity contribution is 5.79. The van der Waals surface area contributed by atoms with Crippen LogP contribution in [0.3, 0.4) is 0 Å². The molecule has 0 radical (unpaired) electrons. The van der Waals surface area contributed by atoms with Crippen LogP contribution < -0.4 is 10.6 Å². The van der Waals surface area contributed by atoms with Gasteiger partial charge in [0.1, 0.15) is 5.76 Å². The Hall–Kier alpha value is -1.53. The topological polar surface area (TPSA) is 73.0 Å². The third-order valence-corrected chi connectivity index (χ3v) is 5.33. The van der Waals surface area contributed by atoms with Crippen molar-refractivity contribution >= 4 is 5.96 Å². The van der Waals surface area contributed by atoms with Gasteiger partial charge in [-0.2, -0.15) is 0 Å². The number of aliphatic hydroxyl groups is 1. The third-order valence-electron chi connectivity index (χ3n) is 5.33. The molecule has 1 unspecified atom stereocenters. The number of guanidine groups is 1. The average Bonchev–Trinajstić information content (AvgIpc) is 3.13. The second-order valence-electron chi connectivity index (χ2n) is 7.28. The van der Waals surface area contributed by atoms with E-state index in [-0.39, 0.29) is 6.04 Å². The summed E-state index contributed by atoms with van der Waals surface area (Å²) in [4.78, 5) is 7.10. The highest BCUT2D eigenvalue weighted by Crippen LogP contribution is 2.31. The number of aliphatic imine (C=N–C) groups is 1. The van der Waals surface area contributed by atoms with Gasteiger partial charge in [-0.1, -0.05) is 6.42 Å². The highest BCUT2D eigenvalue weighted by atomic mass is 16.3. The van der Waals surface area contributed by atoms with Crippen LogP contribution in [0.1, 0.15) is 57.3 Å². The second kappa shape index (κ2) is 8.72. The maximum atomic E-state index is 10.3. The molecule has 0 bridgehead atoms. The number of hydrogen-bond donors (Lipinski definition) is 3. The molecule has 0 amide bonds. The van der Waals surface area contributed by atoms with Crippen molar-refractivity contribution in [1.82, 2.24) is 15.5 Å². The van der Waals surface area contributed by atoms with E-state index in [0.29, 0.717) is 6.54 Å². The molecule has 0 spiro atoms. The van der Waals surface area contributed by atoms with Gasteiger partial charge in [-0.15, -0.1) is 0 Å². The predicted octanol–water partition coefficient (Wildman–Crippen LogP) is 2.28. The average molecular weight is 348 g/mol.